The second-order valence-electron chi connectivity index (χ2n) is 6.49. The van der Waals surface area contributed by atoms with E-state index in [2.05, 4.69) is 11.7 Å². The van der Waals surface area contributed by atoms with Crippen molar-refractivity contribution in [1.29, 1.82) is 0 Å². The van der Waals surface area contributed by atoms with Gasteiger partial charge in [0, 0.05) is 5.56 Å². The highest BCUT2D eigenvalue weighted by Gasteiger charge is 2.14. The zero-order valence-corrected chi connectivity index (χ0v) is 16.7. The average Bonchev–Trinajstić information content (AvgIpc) is 2.67. The van der Waals surface area contributed by atoms with Crippen LogP contribution in [0.15, 0.2) is 42.5 Å². The minimum atomic E-state index is -1.42. The van der Waals surface area contributed by atoms with E-state index >= 15 is 0 Å². The lowest BCUT2D eigenvalue weighted by atomic mass is 10.00. The predicted octanol–water partition coefficient (Wildman–Crippen LogP) is 6.53. The Kier molecular flexibility index (Phi) is 8.82. The molecule has 0 aromatic heterocycles. The number of unbranched alkanes of at least 4 members (excludes halogenated alkanes) is 5. The molecule has 150 valence electrons. The summed E-state index contributed by atoms with van der Waals surface area (Å²) in [6.45, 7) is 2.87. The van der Waals surface area contributed by atoms with Crippen LogP contribution in [-0.2, 0) is 0 Å². The van der Waals surface area contributed by atoms with E-state index < -0.39 is 11.4 Å². The Morgan fingerprint density at radius 1 is 0.929 bits per heavy atom. The summed E-state index contributed by atoms with van der Waals surface area (Å²) in [6, 6.07) is 11.6. The second-order valence-corrected chi connectivity index (χ2v) is 6.83. The van der Waals surface area contributed by atoms with Crippen LogP contribution in [-0.4, -0.2) is 23.1 Å². The van der Waals surface area contributed by atoms with Gasteiger partial charge in [0.1, 0.15) is 11.5 Å². The lowest BCUT2D eigenvalue weighted by Gasteiger charge is -2.11. The Bertz CT molecular complexity index is 786. The normalized spacial score (nSPS) is 10.5. The van der Waals surface area contributed by atoms with Gasteiger partial charge in [0.25, 0.3) is 5.24 Å². The van der Waals surface area contributed by atoms with E-state index in [9.17, 15) is 9.59 Å². The van der Waals surface area contributed by atoms with Crippen molar-refractivity contribution in [2.45, 2.75) is 45.4 Å². The predicted molar refractivity (Wildman–Crippen MR) is 110 cm³/mol. The van der Waals surface area contributed by atoms with Gasteiger partial charge < -0.3 is 14.6 Å². The van der Waals surface area contributed by atoms with Crippen molar-refractivity contribution in [3.63, 3.8) is 0 Å². The van der Waals surface area contributed by atoms with Crippen LogP contribution in [0.4, 0.5) is 4.79 Å². The molecule has 0 radical (unpaired) electrons. The van der Waals surface area contributed by atoms with Gasteiger partial charge in [0.15, 0.2) is 0 Å². The number of hydrogen-bond donors (Lipinski definition) is 1. The van der Waals surface area contributed by atoms with E-state index in [1.165, 1.54) is 43.9 Å². The number of benzene rings is 2. The number of halogens is 1. The van der Waals surface area contributed by atoms with Gasteiger partial charge in [-0.3, -0.25) is 4.79 Å². The Balaban J connectivity index is 2.01. The van der Waals surface area contributed by atoms with Crippen molar-refractivity contribution in [2.75, 3.05) is 6.61 Å². The lowest BCUT2D eigenvalue weighted by molar-refractivity contribution is 0.108. The average molecular weight is 405 g/mol. The molecule has 0 saturated heterocycles. The topological polar surface area (TPSA) is 72.8 Å². The van der Waals surface area contributed by atoms with E-state index in [4.69, 9.17) is 21.4 Å². The summed E-state index contributed by atoms with van der Waals surface area (Å²) < 4.78 is 10.4. The highest BCUT2D eigenvalue weighted by atomic mass is 35.5. The number of hydrogen-bond acceptors (Lipinski definition) is 4. The molecule has 0 heterocycles. The molecule has 5 nitrogen and oxygen atoms in total. The van der Waals surface area contributed by atoms with Gasteiger partial charge in [0.05, 0.1) is 6.61 Å². The van der Waals surface area contributed by atoms with E-state index in [0.717, 1.165) is 18.6 Å². The molecular weight excluding hydrogens is 380 g/mol. The van der Waals surface area contributed by atoms with Gasteiger partial charge in [-0.15, -0.1) is 0 Å². The molecule has 2 aromatic rings. The first-order valence-corrected chi connectivity index (χ1v) is 9.87. The minimum absolute atomic E-state index is 0.118. The number of carboxylic acid groups (broad SMARTS) is 1. The molecule has 0 amide bonds. The summed E-state index contributed by atoms with van der Waals surface area (Å²) in [6.07, 6.45) is 5.80. The Hall–Kier alpha value is -2.53. The van der Waals surface area contributed by atoms with Gasteiger partial charge in [-0.05, 0) is 59.5 Å². The standard InChI is InChI=1S/C22H25ClO5/c1-2-3-4-5-6-7-14-27-17-10-8-16(9-11-17)20-15-18(28-22(25)26)12-13-19(20)21(23)24/h8-13,15H,2-7,14H2,1H3,(H,25,26). The van der Waals surface area contributed by atoms with Crippen LogP contribution < -0.4 is 9.47 Å². The first kappa shape index (κ1) is 21.8. The van der Waals surface area contributed by atoms with E-state index in [-0.39, 0.29) is 11.3 Å². The van der Waals surface area contributed by atoms with Crippen molar-refractivity contribution in [1.82, 2.24) is 0 Å². The molecular formula is C22H25ClO5. The molecule has 6 heteroatoms. The Labute approximate surface area is 170 Å². The molecule has 0 aliphatic rings. The second kappa shape index (κ2) is 11.3. The third-order valence-electron chi connectivity index (χ3n) is 4.34. The zero-order valence-electron chi connectivity index (χ0n) is 15.9. The molecule has 0 bridgehead atoms. The number of carbonyl (C=O) groups is 2. The molecule has 0 unspecified atom stereocenters. The first-order valence-electron chi connectivity index (χ1n) is 9.49. The summed E-state index contributed by atoms with van der Waals surface area (Å²) in [7, 11) is 0. The van der Waals surface area contributed by atoms with Crippen LogP contribution in [0, 0.1) is 0 Å². The fourth-order valence-corrected chi connectivity index (χ4v) is 3.07. The van der Waals surface area contributed by atoms with E-state index in [0.29, 0.717) is 17.7 Å². The zero-order chi connectivity index (χ0) is 20.4. The molecule has 28 heavy (non-hydrogen) atoms. The van der Waals surface area contributed by atoms with Crippen molar-refractivity contribution >= 4 is 23.0 Å². The van der Waals surface area contributed by atoms with Gasteiger partial charge in [-0.25, -0.2) is 4.79 Å². The molecule has 2 aromatic carbocycles. The largest absolute Gasteiger partial charge is 0.511 e. The van der Waals surface area contributed by atoms with Gasteiger partial charge in [-0.2, -0.15) is 0 Å². The summed E-state index contributed by atoms with van der Waals surface area (Å²) in [5, 5.41) is 8.15. The highest BCUT2D eigenvalue weighted by molar-refractivity contribution is 6.68. The number of rotatable bonds is 11. The molecule has 0 spiro atoms. The molecule has 0 fully saturated rings. The summed E-state index contributed by atoms with van der Waals surface area (Å²) in [5.41, 5.74) is 1.49. The third-order valence-corrected chi connectivity index (χ3v) is 4.54. The monoisotopic (exact) mass is 404 g/mol. The molecule has 0 aliphatic heterocycles. The summed E-state index contributed by atoms with van der Waals surface area (Å²) in [5.74, 6) is 0.863. The maximum atomic E-state index is 11.7. The van der Waals surface area contributed by atoms with Crippen LogP contribution in [0.1, 0.15) is 55.8 Å². The highest BCUT2D eigenvalue weighted by Crippen LogP contribution is 2.30. The van der Waals surface area contributed by atoms with Gasteiger partial charge >= 0.3 is 6.16 Å². The molecule has 1 N–H and O–H groups in total. The third kappa shape index (κ3) is 6.89. The van der Waals surface area contributed by atoms with Crippen molar-refractivity contribution in [3.8, 4) is 22.6 Å². The molecule has 0 atom stereocenters. The van der Waals surface area contributed by atoms with Crippen LogP contribution in [0.25, 0.3) is 11.1 Å². The van der Waals surface area contributed by atoms with Crippen LogP contribution in [0.3, 0.4) is 0 Å². The first-order chi connectivity index (χ1) is 13.5. The van der Waals surface area contributed by atoms with E-state index in [1.807, 2.05) is 12.1 Å². The van der Waals surface area contributed by atoms with Gasteiger partial charge in [0.2, 0.25) is 0 Å². The fraction of sp³-hybridized carbons (Fsp3) is 0.364. The maximum absolute atomic E-state index is 11.7. The number of carbonyl (C=O) groups excluding carboxylic acids is 1. The molecule has 0 aliphatic carbocycles. The maximum Gasteiger partial charge on any atom is 0.511 e. The Morgan fingerprint density at radius 2 is 1.57 bits per heavy atom. The Morgan fingerprint density at radius 3 is 2.21 bits per heavy atom. The van der Waals surface area contributed by atoms with Crippen LogP contribution >= 0.6 is 11.6 Å². The van der Waals surface area contributed by atoms with Crippen LogP contribution in [0.2, 0.25) is 0 Å². The van der Waals surface area contributed by atoms with Crippen molar-refractivity contribution < 1.29 is 24.2 Å². The molecule has 2 rings (SSSR count). The van der Waals surface area contributed by atoms with Crippen molar-refractivity contribution in [3.05, 3.63) is 48.0 Å². The summed E-state index contributed by atoms with van der Waals surface area (Å²) >= 11 is 5.66. The van der Waals surface area contributed by atoms with Crippen LogP contribution in [0.5, 0.6) is 11.5 Å². The van der Waals surface area contributed by atoms with Crippen molar-refractivity contribution in [2.24, 2.45) is 0 Å². The summed E-state index contributed by atoms with van der Waals surface area (Å²) in [4.78, 5) is 22.4. The minimum Gasteiger partial charge on any atom is -0.494 e. The lowest BCUT2D eigenvalue weighted by Crippen LogP contribution is -2.04. The molecule has 0 saturated carbocycles. The smallest absolute Gasteiger partial charge is 0.494 e. The number of ether oxygens (including phenoxy) is 2. The SMILES string of the molecule is CCCCCCCCOc1ccc(-c2cc(OC(=O)O)ccc2C(=O)Cl)cc1. The quantitative estimate of drug-likeness (QED) is 0.199. The van der Waals surface area contributed by atoms with Gasteiger partial charge in [-0.1, -0.05) is 51.2 Å². The van der Waals surface area contributed by atoms with E-state index in [1.54, 1.807) is 12.1 Å². The fourth-order valence-electron chi connectivity index (χ4n) is 2.90.